The molecular weight excluding hydrogens is 318 g/mol. The molecule has 2 rings (SSSR count). The Balaban J connectivity index is 2.08. The van der Waals surface area contributed by atoms with E-state index in [1.165, 1.54) is 0 Å². The predicted molar refractivity (Wildman–Crippen MR) is 87.3 cm³/mol. The molecule has 0 spiro atoms. The molecule has 23 heavy (non-hydrogen) atoms. The minimum atomic E-state index is -0.351. The van der Waals surface area contributed by atoms with Gasteiger partial charge in [-0.2, -0.15) is 0 Å². The van der Waals surface area contributed by atoms with Gasteiger partial charge in [-0.15, -0.1) is 0 Å². The molecule has 1 heterocycles. The Hall–Kier alpha value is -2.34. The zero-order chi connectivity index (χ0) is 17.0. The Morgan fingerprint density at radius 1 is 1.30 bits per heavy atom. The number of halogens is 1. The van der Waals surface area contributed by atoms with Crippen LogP contribution in [0.25, 0.3) is 0 Å². The third-order valence-corrected chi connectivity index (χ3v) is 3.44. The number of aromatic nitrogens is 1. The van der Waals surface area contributed by atoms with Crippen molar-refractivity contribution in [3.8, 4) is 0 Å². The maximum atomic E-state index is 12.3. The van der Waals surface area contributed by atoms with Crippen molar-refractivity contribution in [1.82, 2.24) is 10.5 Å². The van der Waals surface area contributed by atoms with Gasteiger partial charge < -0.3 is 15.2 Å². The number of nitrogens with zero attached hydrogens (tertiary/aromatic N) is 1. The fourth-order valence-electron chi connectivity index (χ4n) is 1.83. The number of rotatable bonds is 5. The molecule has 0 fully saturated rings. The summed E-state index contributed by atoms with van der Waals surface area (Å²) in [6.45, 7) is 5.59. The molecule has 0 aliphatic carbocycles. The molecule has 7 heteroatoms. The standard InChI is InChI=1S/C16H18ClN3O3/c1-9(2)15(21)19-11-4-5-14(17)13(7-11)16(22)18-8-12-6-10(3)23-20-12/h4-7,9H,8H2,1-3H3,(H,18,22)(H,19,21). The molecule has 2 aromatic rings. The van der Waals surface area contributed by atoms with Gasteiger partial charge >= 0.3 is 0 Å². The Morgan fingerprint density at radius 2 is 2.04 bits per heavy atom. The first-order valence-electron chi connectivity index (χ1n) is 7.17. The van der Waals surface area contributed by atoms with Crippen LogP contribution in [0.5, 0.6) is 0 Å². The molecule has 0 radical (unpaired) electrons. The van der Waals surface area contributed by atoms with Crippen molar-refractivity contribution in [2.45, 2.75) is 27.3 Å². The molecule has 0 atom stereocenters. The SMILES string of the molecule is Cc1cc(CNC(=O)c2cc(NC(=O)C(C)C)ccc2Cl)no1. The highest BCUT2D eigenvalue weighted by Gasteiger charge is 2.14. The van der Waals surface area contributed by atoms with Crippen LogP contribution in [0.3, 0.4) is 0 Å². The van der Waals surface area contributed by atoms with Gasteiger partial charge in [0, 0.05) is 17.7 Å². The molecule has 1 aromatic carbocycles. The van der Waals surface area contributed by atoms with E-state index in [1.807, 2.05) is 0 Å². The van der Waals surface area contributed by atoms with Crippen LogP contribution < -0.4 is 10.6 Å². The molecule has 1 aromatic heterocycles. The maximum absolute atomic E-state index is 12.3. The third-order valence-electron chi connectivity index (χ3n) is 3.11. The smallest absolute Gasteiger partial charge is 0.253 e. The topological polar surface area (TPSA) is 84.2 Å². The van der Waals surface area contributed by atoms with E-state index < -0.39 is 0 Å². The van der Waals surface area contributed by atoms with Crippen LogP contribution in [0, 0.1) is 12.8 Å². The molecule has 0 unspecified atom stereocenters. The van der Waals surface area contributed by atoms with Crippen LogP contribution >= 0.6 is 11.6 Å². The quantitative estimate of drug-likeness (QED) is 0.879. The van der Waals surface area contributed by atoms with Gasteiger partial charge in [-0.1, -0.05) is 30.6 Å². The predicted octanol–water partition coefficient (Wildman–Crippen LogP) is 3.16. The highest BCUT2D eigenvalue weighted by atomic mass is 35.5. The zero-order valence-corrected chi connectivity index (χ0v) is 13.9. The highest BCUT2D eigenvalue weighted by molar-refractivity contribution is 6.34. The van der Waals surface area contributed by atoms with Gasteiger partial charge in [-0.25, -0.2) is 0 Å². The molecule has 2 amide bonds. The summed E-state index contributed by atoms with van der Waals surface area (Å²) in [6.07, 6.45) is 0. The molecule has 0 saturated heterocycles. The number of carbonyl (C=O) groups is 2. The number of benzene rings is 1. The average Bonchev–Trinajstić information content (AvgIpc) is 2.92. The van der Waals surface area contributed by atoms with Gasteiger partial charge in [-0.05, 0) is 25.1 Å². The summed E-state index contributed by atoms with van der Waals surface area (Å²) in [5.74, 6) is 0.0390. The van der Waals surface area contributed by atoms with E-state index in [-0.39, 0.29) is 29.8 Å². The lowest BCUT2D eigenvalue weighted by Gasteiger charge is -2.10. The summed E-state index contributed by atoms with van der Waals surface area (Å²) in [7, 11) is 0. The minimum Gasteiger partial charge on any atom is -0.361 e. The van der Waals surface area contributed by atoms with E-state index in [4.69, 9.17) is 16.1 Å². The first kappa shape index (κ1) is 17.0. The zero-order valence-electron chi connectivity index (χ0n) is 13.1. The largest absolute Gasteiger partial charge is 0.361 e. The maximum Gasteiger partial charge on any atom is 0.253 e. The third kappa shape index (κ3) is 4.56. The van der Waals surface area contributed by atoms with Crippen LogP contribution in [-0.2, 0) is 11.3 Å². The lowest BCUT2D eigenvalue weighted by molar-refractivity contribution is -0.118. The van der Waals surface area contributed by atoms with Crippen LogP contribution in [0.4, 0.5) is 5.69 Å². The van der Waals surface area contributed by atoms with Crippen molar-refractivity contribution in [1.29, 1.82) is 0 Å². The number of aryl methyl sites for hydroxylation is 1. The van der Waals surface area contributed by atoms with Crippen molar-refractivity contribution >= 4 is 29.1 Å². The first-order valence-corrected chi connectivity index (χ1v) is 7.55. The summed E-state index contributed by atoms with van der Waals surface area (Å²) in [4.78, 5) is 24.0. The Kier molecular flexibility index (Phi) is 5.39. The summed E-state index contributed by atoms with van der Waals surface area (Å²) in [6, 6.07) is 6.51. The van der Waals surface area contributed by atoms with Crippen molar-refractivity contribution in [2.75, 3.05) is 5.32 Å². The molecule has 6 nitrogen and oxygen atoms in total. The van der Waals surface area contributed by atoms with Crippen LogP contribution in [0.1, 0.15) is 35.7 Å². The average molecular weight is 336 g/mol. The van der Waals surface area contributed by atoms with Crippen molar-refractivity contribution < 1.29 is 14.1 Å². The fraction of sp³-hybridized carbons (Fsp3) is 0.312. The monoisotopic (exact) mass is 335 g/mol. The van der Waals surface area contributed by atoms with Crippen molar-refractivity contribution in [3.05, 3.63) is 46.3 Å². The Bertz CT molecular complexity index is 725. The van der Waals surface area contributed by atoms with Crippen molar-refractivity contribution in [2.24, 2.45) is 5.92 Å². The van der Waals surface area contributed by atoms with E-state index in [0.717, 1.165) is 0 Å². The van der Waals surface area contributed by atoms with E-state index in [1.54, 1.807) is 45.0 Å². The van der Waals surface area contributed by atoms with E-state index in [9.17, 15) is 9.59 Å². The van der Waals surface area contributed by atoms with Crippen LogP contribution in [-0.4, -0.2) is 17.0 Å². The molecule has 0 bridgehead atoms. The van der Waals surface area contributed by atoms with Gasteiger partial charge in [0.25, 0.3) is 5.91 Å². The second-order valence-corrected chi connectivity index (χ2v) is 5.86. The molecule has 2 N–H and O–H groups in total. The minimum absolute atomic E-state index is 0.128. The fourth-order valence-corrected chi connectivity index (χ4v) is 2.03. The lowest BCUT2D eigenvalue weighted by atomic mass is 10.1. The van der Waals surface area contributed by atoms with Gasteiger partial charge in [0.1, 0.15) is 11.5 Å². The Morgan fingerprint density at radius 3 is 2.65 bits per heavy atom. The van der Waals surface area contributed by atoms with Gasteiger partial charge in [-0.3, -0.25) is 9.59 Å². The van der Waals surface area contributed by atoms with E-state index >= 15 is 0 Å². The van der Waals surface area contributed by atoms with Gasteiger partial charge in [0.15, 0.2) is 0 Å². The van der Waals surface area contributed by atoms with Crippen LogP contribution in [0.2, 0.25) is 5.02 Å². The summed E-state index contributed by atoms with van der Waals surface area (Å²) < 4.78 is 4.94. The number of hydrogen-bond donors (Lipinski definition) is 2. The second kappa shape index (κ2) is 7.28. The summed E-state index contributed by atoms with van der Waals surface area (Å²) in [5, 5.41) is 9.56. The summed E-state index contributed by atoms with van der Waals surface area (Å²) >= 11 is 6.07. The van der Waals surface area contributed by atoms with Crippen LogP contribution in [0.15, 0.2) is 28.8 Å². The lowest BCUT2D eigenvalue weighted by Crippen LogP contribution is -2.24. The molecular formula is C16H18ClN3O3. The van der Waals surface area contributed by atoms with Gasteiger partial charge in [0.2, 0.25) is 5.91 Å². The van der Waals surface area contributed by atoms with E-state index in [0.29, 0.717) is 22.2 Å². The number of amides is 2. The summed E-state index contributed by atoms with van der Waals surface area (Å²) in [5.41, 5.74) is 1.43. The van der Waals surface area contributed by atoms with Crippen molar-refractivity contribution in [3.63, 3.8) is 0 Å². The molecule has 122 valence electrons. The normalized spacial score (nSPS) is 10.7. The molecule has 0 aliphatic rings. The molecule has 0 aliphatic heterocycles. The highest BCUT2D eigenvalue weighted by Crippen LogP contribution is 2.21. The number of nitrogens with one attached hydrogen (secondary N) is 2. The number of carbonyl (C=O) groups excluding carboxylic acids is 2. The first-order chi connectivity index (χ1) is 10.9. The number of anilines is 1. The van der Waals surface area contributed by atoms with Gasteiger partial charge in [0.05, 0.1) is 17.1 Å². The second-order valence-electron chi connectivity index (χ2n) is 5.45. The number of hydrogen-bond acceptors (Lipinski definition) is 4. The molecule has 0 saturated carbocycles. The van der Waals surface area contributed by atoms with E-state index in [2.05, 4.69) is 15.8 Å². The Labute approximate surface area is 139 Å².